The van der Waals surface area contributed by atoms with Gasteiger partial charge >= 0.3 is 6.09 Å². The second kappa shape index (κ2) is 11.9. The van der Waals surface area contributed by atoms with Crippen LogP contribution in [0.25, 0.3) is 42.7 Å². The highest BCUT2D eigenvalue weighted by atomic mass is 32.1. The van der Waals surface area contributed by atoms with E-state index in [9.17, 15) is 9.59 Å². The fourth-order valence-electron chi connectivity index (χ4n) is 6.03. The summed E-state index contributed by atoms with van der Waals surface area (Å²) >= 11 is 1.60. The van der Waals surface area contributed by atoms with Crippen molar-refractivity contribution >= 4 is 50.1 Å². The molecule has 2 aromatic carbocycles. The predicted octanol–water partition coefficient (Wildman–Crippen LogP) is 7.43. The van der Waals surface area contributed by atoms with Gasteiger partial charge in [-0.05, 0) is 81.0 Å². The Kier molecular flexibility index (Phi) is 7.75. The Morgan fingerprint density at radius 1 is 1.09 bits per heavy atom. The summed E-state index contributed by atoms with van der Waals surface area (Å²) in [7, 11) is 1.73. The molecule has 1 aliphatic heterocycles. The maximum atomic E-state index is 15.9. The van der Waals surface area contributed by atoms with E-state index in [1.807, 2.05) is 45.2 Å². The van der Waals surface area contributed by atoms with Gasteiger partial charge in [-0.1, -0.05) is 23.4 Å². The third-order valence-electron chi connectivity index (χ3n) is 8.22. The Morgan fingerprint density at radius 2 is 1.91 bits per heavy atom. The second-order valence-electron chi connectivity index (χ2n) is 12.8. The fraction of sp³-hybridized carbons (Fsp3) is 0.286. The number of likely N-dealkylation sites (tertiary alicyclic amines) is 1. The molecule has 0 aliphatic carbocycles. The first-order valence-corrected chi connectivity index (χ1v) is 16.3. The number of carbonyl (C=O) groups is 2. The van der Waals surface area contributed by atoms with Crippen LogP contribution >= 0.6 is 11.3 Å². The fourth-order valence-corrected chi connectivity index (χ4v) is 7.08. The average molecular weight is 652 g/mol. The van der Waals surface area contributed by atoms with Crippen LogP contribution < -0.4 is 4.90 Å². The van der Waals surface area contributed by atoms with Crippen molar-refractivity contribution in [3.05, 3.63) is 84.6 Å². The molecular formula is C35H34FN7O3S. The summed E-state index contributed by atoms with van der Waals surface area (Å²) < 4.78 is 24.0. The minimum atomic E-state index is -0.680. The number of aromatic amines is 1. The van der Waals surface area contributed by atoms with Gasteiger partial charge in [0.05, 0.1) is 17.8 Å². The molecule has 0 radical (unpaired) electrons. The van der Waals surface area contributed by atoms with E-state index in [0.717, 1.165) is 31.4 Å². The molecule has 12 heteroatoms. The van der Waals surface area contributed by atoms with E-state index >= 15 is 4.39 Å². The number of aromatic nitrogens is 5. The minimum Gasteiger partial charge on any atom is -0.444 e. The molecule has 47 heavy (non-hydrogen) atoms. The molecule has 7 rings (SSSR count). The van der Waals surface area contributed by atoms with Crippen LogP contribution in [0.3, 0.4) is 0 Å². The summed E-state index contributed by atoms with van der Waals surface area (Å²) in [6.45, 7) is 6.18. The lowest BCUT2D eigenvalue weighted by atomic mass is 10.0. The topological polar surface area (TPSA) is 109 Å². The summed E-state index contributed by atoms with van der Waals surface area (Å²) in [4.78, 5) is 39.9. The predicted molar refractivity (Wildman–Crippen MR) is 181 cm³/mol. The van der Waals surface area contributed by atoms with E-state index in [1.54, 1.807) is 46.6 Å². The van der Waals surface area contributed by atoms with Gasteiger partial charge in [0.2, 0.25) is 0 Å². The Bertz CT molecular complexity index is 2130. The molecule has 5 heterocycles. The number of piperidine rings is 1. The number of nitrogens with zero attached hydrogens (tertiary/aromatic N) is 6. The number of anilines is 1. The number of aryl methyl sites for hydroxylation is 1. The molecular weight excluding hydrogens is 617 g/mol. The maximum Gasteiger partial charge on any atom is 0.410 e. The van der Waals surface area contributed by atoms with Gasteiger partial charge in [0.15, 0.2) is 0 Å². The summed E-state index contributed by atoms with van der Waals surface area (Å²) in [6, 6.07) is 16.2. The summed E-state index contributed by atoms with van der Waals surface area (Å²) in [5.41, 5.74) is 2.30. The van der Waals surface area contributed by atoms with Crippen LogP contribution in [0.1, 0.15) is 44.0 Å². The van der Waals surface area contributed by atoms with Crippen LogP contribution in [0.5, 0.6) is 0 Å². The Morgan fingerprint density at radius 3 is 2.68 bits per heavy atom. The van der Waals surface area contributed by atoms with E-state index in [0.29, 0.717) is 36.5 Å². The smallest absolute Gasteiger partial charge is 0.410 e. The van der Waals surface area contributed by atoms with Gasteiger partial charge in [-0.2, -0.15) is 0 Å². The van der Waals surface area contributed by atoms with Crippen molar-refractivity contribution in [3.63, 3.8) is 0 Å². The van der Waals surface area contributed by atoms with E-state index in [1.165, 1.54) is 16.8 Å². The Labute approximate surface area is 274 Å². The lowest BCUT2D eigenvalue weighted by Gasteiger charge is -2.39. The molecule has 1 fully saturated rings. The van der Waals surface area contributed by atoms with Crippen LogP contribution in [0.15, 0.2) is 73.2 Å². The van der Waals surface area contributed by atoms with Crippen LogP contribution in [-0.4, -0.2) is 66.6 Å². The number of nitrogens with one attached hydrogen (secondary N) is 1. The zero-order valence-electron chi connectivity index (χ0n) is 26.5. The van der Waals surface area contributed by atoms with E-state index in [4.69, 9.17) is 9.72 Å². The van der Waals surface area contributed by atoms with Crippen molar-refractivity contribution in [3.8, 4) is 21.7 Å². The number of rotatable bonds is 5. The largest absolute Gasteiger partial charge is 0.444 e. The van der Waals surface area contributed by atoms with Crippen LogP contribution in [0.2, 0.25) is 0 Å². The lowest BCUT2D eigenvalue weighted by Crippen LogP contribution is -2.53. The van der Waals surface area contributed by atoms with Gasteiger partial charge in [-0.3, -0.25) is 14.4 Å². The number of hydrogen-bond acceptors (Lipinski definition) is 7. The number of hydrogen-bond donors (Lipinski definition) is 1. The molecule has 240 valence electrons. The number of fused-ring (bicyclic) bond motifs is 2. The number of carbonyl (C=O) groups excluding carboxylic acids is 2. The van der Waals surface area contributed by atoms with Gasteiger partial charge in [0.25, 0.3) is 5.91 Å². The number of amides is 2. The number of halogens is 1. The van der Waals surface area contributed by atoms with Gasteiger partial charge in [-0.15, -0.1) is 16.4 Å². The van der Waals surface area contributed by atoms with Crippen molar-refractivity contribution in [2.24, 2.45) is 7.05 Å². The third kappa shape index (κ3) is 6.08. The van der Waals surface area contributed by atoms with E-state index in [2.05, 4.69) is 33.5 Å². The van der Waals surface area contributed by atoms with Crippen molar-refractivity contribution in [1.82, 2.24) is 29.9 Å². The highest BCUT2D eigenvalue weighted by molar-refractivity contribution is 7.22. The summed E-state index contributed by atoms with van der Waals surface area (Å²) in [5.74, 6) is -0.797. The molecule has 0 unspecified atom stereocenters. The molecule has 6 aromatic rings. The first kappa shape index (κ1) is 30.5. The van der Waals surface area contributed by atoms with Crippen LogP contribution in [0.4, 0.5) is 15.0 Å². The number of H-pyrrole nitrogens is 1. The Balaban J connectivity index is 1.30. The normalized spacial score (nSPS) is 15.3. The molecule has 1 saturated heterocycles. The molecule has 1 atom stereocenters. The standard InChI is InChI=1S/C35H34FN7O3S/c1-35(2,3)46-34(45)42-15-5-6-24(19-42)43(33(44)25-10-9-22(16-27(25)36)29-20-41(4)40-39-29)32-26-18-31(47-30(26)12-14-38-32)23-8-7-21-11-13-37-28(21)17-23/h7-14,16-18,20,24,37H,5-6,15,19H2,1-4H3/t24-/m1/s1. The molecule has 1 N–H and O–H groups in total. The second-order valence-corrected chi connectivity index (χ2v) is 13.9. The van der Waals surface area contributed by atoms with E-state index in [-0.39, 0.29) is 12.1 Å². The zero-order chi connectivity index (χ0) is 32.9. The molecule has 2 amide bonds. The van der Waals surface area contributed by atoms with E-state index < -0.39 is 29.5 Å². The van der Waals surface area contributed by atoms with Gasteiger partial charge in [0, 0.05) is 58.6 Å². The number of ether oxygens (including phenoxy) is 1. The first-order chi connectivity index (χ1) is 22.5. The van der Waals surface area contributed by atoms with Crippen molar-refractivity contribution < 1.29 is 18.7 Å². The highest BCUT2D eigenvalue weighted by Gasteiger charge is 2.36. The van der Waals surface area contributed by atoms with Crippen LogP contribution in [0, 0.1) is 5.82 Å². The molecule has 0 saturated carbocycles. The SMILES string of the molecule is Cn1cc(-c2ccc(C(=O)N(c3nccc4sc(-c5ccc6cc[nH]c6c5)cc34)[C@@H]3CCCN(C(=O)OC(C)(C)C)C3)c(F)c2)nn1. The Hall–Kier alpha value is -5.10. The maximum absolute atomic E-state index is 15.9. The highest BCUT2D eigenvalue weighted by Crippen LogP contribution is 2.40. The quantitative estimate of drug-likeness (QED) is 0.208. The average Bonchev–Trinajstić information content (AvgIpc) is 3.80. The third-order valence-corrected chi connectivity index (χ3v) is 9.37. The van der Waals surface area contributed by atoms with Gasteiger partial charge in [-0.25, -0.2) is 14.2 Å². The minimum absolute atomic E-state index is 0.0986. The van der Waals surface area contributed by atoms with Crippen molar-refractivity contribution in [1.29, 1.82) is 0 Å². The summed E-state index contributed by atoms with van der Waals surface area (Å²) in [5, 5.41) is 9.90. The van der Waals surface area contributed by atoms with Gasteiger partial charge in [0.1, 0.15) is 22.9 Å². The van der Waals surface area contributed by atoms with Crippen molar-refractivity contribution in [2.45, 2.75) is 45.3 Å². The number of benzene rings is 2. The molecule has 1 aliphatic rings. The first-order valence-electron chi connectivity index (χ1n) is 15.5. The lowest BCUT2D eigenvalue weighted by molar-refractivity contribution is 0.0196. The molecule has 0 bridgehead atoms. The monoisotopic (exact) mass is 651 g/mol. The zero-order valence-corrected chi connectivity index (χ0v) is 27.3. The number of thiophene rings is 1. The van der Waals surface area contributed by atoms with Crippen LogP contribution in [-0.2, 0) is 11.8 Å². The van der Waals surface area contributed by atoms with Gasteiger partial charge < -0.3 is 14.6 Å². The number of pyridine rings is 1. The summed E-state index contributed by atoms with van der Waals surface area (Å²) in [6.07, 6.45) is 6.06. The van der Waals surface area contributed by atoms with Crippen molar-refractivity contribution in [2.75, 3.05) is 18.0 Å². The molecule has 4 aromatic heterocycles. The molecule has 0 spiro atoms. The molecule has 10 nitrogen and oxygen atoms in total.